The minimum atomic E-state index is -5.80. The molecule has 2 aromatic carbocycles. The number of nitrogens with zero attached hydrogens (tertiary/aromatic N) is 5. The van der Waals surface area contributed by atoms with Gasteiger partial charge in [-0.1, -0.05) is 17.9 Å². The fourth-order valence-corrected chi connectivity index (χ4v) is 12.7. The first kappa shape index (κ1) is 52.2. The number of hydrogen-bond donors (Lipinski definition) is 9. The number of nitrogens with one attached hydrogen (secondary N) is 2. The molecular weight excluding hydrogens is 1020 g/mol. The number of phosphoric ester groups is 1. The largest absolute Gasteiger partial charge is 0.490 e. The van der Waals surface area contributed by atoms with E-state index in [1.165, 1.54) is 16.3 Å². The van der Waals surface area contributed by atoms with E-state index in [1.807, 2.05) is 36.9 Å². The van der Waals surface area contributed by atoms with Crippen molar-refractivity contribution in [2.75, 3.05) is 49.2 Å². The number of fused-ring (bicyclic) bond motifs is 5. The molecule has 0 spiro atoms. The van der Waals surface area contributed by atoms with Gasteiger partial charge in [-0.15, -0.1) is 0 Å². The molecule has 4 aromatic rings. The summed E-state index contributed by atoms with van der Waals surface area (Å²) in [5.41, 5.74) is 7.70. The van der Waals surface area contributed by atoms with Crippen molar-refractivity contribution in [3.05, 3.63) is 74.3 Å². The summed E-state index contributed by atoms with van der Waals surface area (Å²) < 4.78 is 97.2. The van der Waals surface area contributed by atoms with Crippen LogP contribution in [-0.2, 0) is 52.9 Å². The number of aromatic amines is 1. The number of amides is 1. The summed E-state index contributed by atoms with van der Waals surface area (Å²) in [7, 11) is -21.4. The molecule has 8 rings (SSSR count). The van der Waals surface area contributed by atoms with Crippen LogP contribution in [0.3, 0.4) is 0 Å². The van der Waals surface area contributed by atoms with Gasteiger partial charge in [0.05, 0.1) is 41.8 Å². The number of phosphoric acid groups is 3. The first-order chi connectivity index (χ1) is 33.2. The van der Waals surface area contributed by atoms with Crippen LogP contribution in [0.2, 0.25) is 0 Å². The Morgan fingerprint density at radius 3 is 2.59 bits per heavy atom. The molecule has 1 amide bonds. The maximum absolute atomic E-state index is 13.2. The molecular formula is C41H50N8O18P3S+. The van der Waals surface area contributed by atoms with Crippen LogP contribution < -0.4 is 41.5 Å². The van der Waals surface area contributed by atoms with Gasteiger partial charge in [-0.3, -0.25) is 23.6 Å². The molecule has 10 N–H and O–H groups in total. The van der Waals surface area contributed by atoms with Gasteiger partial charge in [0.25, 0.3) is 15.7 Å². The van der Waals surface area contributed by atoms with E-state index in [2.05, 4.69) is 51.8 Å². The van der Waals surface area contributed by atoms with E-state index in [1.54, 1.807) is 12.1 Å². The van der Waals surface area contributed by atoms with Gasteiger partial charge in [0.15, 0.2) is 17.1 Å². The second kappa shape index (κ2) is 19.7. The smallest absolute Gasteiger partial charge is 0.452 e. The third kappa shape index (κ3) is 12.1. The molecule has 2 unspecified atom stereocenters. The molecule has 0 bridgehead atoms. The number of nitrogens with two attached hydrogens (primary N) is 1. The Morgan fingerprint density at radius 1 is 1.11 bits per heavy atom. The summed E-state index contributed by atoms with van der Waals surface area (Å²) in [5, 5.41) is 15.2. The van der Waals surface area contributed by atoms with Crippen molar-refractivity contribution in [3.8, 4) is 23.3 Å². The zero-order chi connectivity index (χ0) is 51.4. The number of aliphatic hydroxyl groups excluding tert-OH is 1. The van der Waals surface area contributed by atoms with Crippen molar-refractivity contribution in [1.82, 2.24) is 24.4 Å². The Hall–Kier alpha value is -5.13. The van der Waals surface area contributed by atoms with E-state index in [0.29, 0.717) is 52.3 Å². The number of H-pyrrole nitrogens is 1. The summed E-state index contributed by atoms with van der Waals surface area (Å²) >= 11 is 0. The number of hydrogen-bond acceptors (Lipinski definition) is 17. The molecule has 0 radical (unpaired) electrons. The van der Waals surface area contributed by atoms with Gasteiger partial charge in [-0.2, -0.15) is 22.0 Å². The minimum Gasteiger partial charge on any atom is -0.452 e. The van der Waals surface area contributed by atoms with Crippen LogP contribution in [0.1, 0.15) is 69.4 Å². The zero-order valence-electron chi connectivity index (χ0n) is 38.1. The number of ether oxygens (including phenoxy) is 2. The van der Waals surface area contributed by atoms with Crippen molar-refractivity contribution in [2.45, 2.75) is 76.9 Å². The van der Waals surface area contributed by atoms with Gasteiger partial charge in [0, 0.05) is 54.9 Å². The molecule has 2 aromatic heterocycles. The molecule has 71 heavy (non-hydrogen) atoms. The van der Waals surface area contributed by atoms with E-state index in [4.69, 9.17) is 30.0 Å². The highest BCUT2D eigenvalue weighted by molar-refractivity contribution is 7.86. The molecule has 30 heteroatoms. The molecule has 1 saturated heterocycles. The second-order valence-corrected chi connectivity index (χ2v) is 23.4. The molecule has 1 fully saturated rings. The molecule has 4 aliphatic heterocycles. The predicted octanol–water partition coefficient (Wildman–Crippen LogP) is 1.63. The minimum absolute atomic E-state index is 0.0272. The van der Waals surface area contributed by atoms with Crippen molar-refractivity contribution in [2.24, 2.45) is 4.99 Å². The Bertz CT molecular complexity index is 3400. The van der Waals surface area contributed by atoms with Crippen molar-refractivity contribution >= 4 is 73.4 Å². The number of aliphatic hydroxyl groups is 1. The Balaban J connectivity index is 0.935. The lowest BCUT2D eigenvalue weighted by Gasteiger charge is -2.44. The third-order valence-corrected chi connectivity index (χ3v) is 16.4. The molecule has 26 nitrogen and oxygen atoms in total. The summed E-state index contributed by atoms with van der Waals surface area (Å²) in [6.45, 7) is 6.92. The Kier molecular flexibility index (Phi) is 14.5. The van der Waals surface area contributed by atoms with Gasteiger partial charge >= 0.3 is 23.5 Å². The monoisotopic (exact) mass is 1070 g/mol. The van der Waals surface area contributed by atoms with Crippen LogP contribution in [0.4, 0.5) is 17.3 Å². The topological polar surface area (TPSA) is 377 Å². The number of aromatic nitrogens is 3. The van der Waals surface area contributed by atoms with Crippen LogP contribution in [-0.4, -0.2) is 114 Å². The first-order valence-electron chi connectivity index (χ1n) is 21.9. The van der Waals surface area contributed by atoms with E-state index in [0.717, 1.165) is 31.3 Å². The number of nitrogen functional groups attached to an aromatic ring is 1. The Labute approximate surface area is 404 Å². The number of aryl methyl sites for hydroxylation is 1. The van der Waals surface area contributed by atoms with E-state index < -0.39 is 75.5 Å². The van der Waals surface area contributed by atoms with Crippen LogP contribution in [0.5, 0.6) is 11.5 Å². The molecule has 4 aliphatic rings. The number of carbonyl (C=O) groups is 1. The molecule has 0 aliphatic carbocycles. The maximum Gasteiger partial charge on any atom is 0.490 e. The quantitative estimate of drug-likeness (QED) is 0.0293. The van der Waals surface area contributed by atoms with Crippen molar-refractivity contribution < 1.29 is 78.8 Å². The lowest BCUT2D eigenvalue weighted by molar-refractivity contribution is -0.120. The van der Waals surface area contributed by atoms with Gasteiger partial charge in [-0.05, 0) is 51.3 Å². The van der Waals surface area contributed by atoms with Crippen LogP contribution in [0.15, 0.2) is 46.3 Å². The predicted molar refractivity (Wildman–Crippen MR) is 252 cm³/mol. The lowest BCUT2D eigenvalue weighted by atomic mass is 9.88. The number of anilines is 2. The SMILES string of the molecule is CC[N+]1=c2cc3c(cc2CCC1)=Nc1cc2c(cc1O3)N(CCCC(=O)NCC#Cc1cn([C@H]3C[C@H](O)[C@@H](COP(=O)(O)OP(=O)(O)OP(=O)(O)O)O3)c3nc(N)[nH]c(=O)c13)C(C)(C)C=C2CS(=O)(=O)O. The highest BCUT2D eigenvalue weighted by Gasteiger charge is 2.43. The van der Waals surface area contributed by atoms with Crippen LogP contribution in [0, 0.1) is 11.8 Å². The standard InChI is InChI=1S/C41H49N8O18P3S/c1-4-47-12-6-9-23-14-27-32(16-29(23)47)64-33-17-30-26(15-28(33)44-27)25(22-71(60,61)62)19-41(2,3)49(30)13-7-10-35(51)43-11-5-8-24-20-48(38-37(24)39(52)46-40(42)45-38)36-18-31(50)34(65-36)21-63-69(56,57)67-70(58,59)66-68(53,54)55/h14-17,19-20,31,34,36,50H,4,6-7,9-13,18,21-22H2,1-3H3,(H8-,42,43,45,46,51,52,53,54,55,56,57,58,59,60,61,62)/p+1/t31-,34+,36+/m0/s1. The number of rotatable bonds is 16. The normalized spacial score (nSPS) is 21.0. The summed E-state index contributed by atoms with van der Waals surface area (Å²) in [5.74, 6) is 5.43. The molecule has 5 atom stereocenters. The molecule has 0 saturated carbocycles. The highest BCUT2D eigenvalue weighted by atomic mass is 32.2. The fourth-order valence-electron chi connectivity index (χ4n) is 9.01. The summed E-state index contributed by atoms with van der Waals surface area (Å²) in [6, 6.07) is 7.62. The lowest BCUT2D eigenvalue weighted by Crippen LogP contribution is -2.46. The average molecular weight is 1070 g/mol. The average Bonchev–Trinajstić information content (AvgIpc) is 3.80. The molecule has 382 valence electrons. The van der Waals surface area contributed by atoms with Gasteiger partial charge in [0.2, 0.25) is 17.2 Å². The highest BCUT2D eigenvalue weighted by Crippen LogP contribution is 2.66. The summed E-state index contributed by atoms with van der Waals surface area (Å²) in [6.07, 6.45) is 1.35. The first-order valence-corrected chi connectivity index (χ1v) is 28.0. The van der Waals surface area contributed by atoms with Gasteiger partial charge in [-0.25, -0.2) is 23.3 Å². The molecule has 6 heterocycles. The number of benzene rings is 2. The fraction of sp³-hybridized carbons (Fsp3) is 0.439. The zero-order valence-corrected chi connectivity index (χ0v) is 41.6. The van der Waals surface area contributed by atoms with E-state index >= 15 is 0 Å². The summed E-state index contributed by atoms with van der Waals surface area (Å²) in [4.78, 5) is 76.6. The number of carbonyl (C=O) groups excluding carboxylic acids is 1. The van der Waals surface area contributed by atoms with Crippen LogP contribution >= 0.6 is 23.5 Å². The maximum atomic E-state index is 13.2. The van der Waals surface area contributed by atoms with E-state index in [9.17, 15) is 51.1 Å². The van der Waals surface area contributed by atoms with E-state index in [-0.39, 0.29) is 47.8 Å². The Morgan fingerprint density at radius 2 is 1.87 bits per heavy atom. The van der Waals surface area contributed by atoms with Gasteiger partial charge in [0.1, 0.15) is 42.2 Å². The van der Waals surface area contributed by atoms with Crippen molar-refractivity contribution in [1.29, 1.82) is 0 Å². The van der Waals surface area contributed by atoms with Gasteiger partial charge < -0.3 is 54.7 Å². The van der Waals surface area contributed by atoms with Crippen molar-refractivity contribution in [3.63, 3.8) is 0 Å². The van der Waals surface area contributed by atoms with Crippen LogP contribution in [0.25, 0.3) is 16.6 Å². The second-order valence-electron chi connectivity index (χ2n) is 17.5. The third-order valence-electron chi connectivity index (χ3n) is 11.9.